The molecule has 0 aromatic heterocycles. The third-order valence-corrected chi connectivity index (χ3v) is 5.99. The molecule has 2 fully saturated rings. The molecule has 160 valence electrons. The average Bonchev–Trinajstić information content (AvgIpc) is 3.45. The fourth-order valence-electron chi connectivity index (χ4n) is 3.89. The van der Waals surface area contributed by atoms with Crippen molar-refractivity contribution in [3.8, 4) is 0 Å². The van der Waals surface area contributed by atoms with E-state index in [1.54, 1.807) is 24.3 Å². The van der Waals surface area contributed by atoms with Crippen LogP contribution in [0.3, 0.4) is 0 Å². The van der Waals surface area contributed by atoms with Crippen molar-refractivity contribution in [2.24, 2.45) is 5.41 Å². The second kappa shape index (κ2) is 10.1. The van der Waals surface area contributed by atoms with Crippen molar-refractivity contribution in [1.29, 1.82) is 0 Å². The van der Waals surface area contributed by atoms with Gasteiger partial charge in [-0.1, -0.05) is 13.8 Å². The van der Waals surface area contributed by atoms with E-state index in [2.05, 4.69) is 24.5 Å². The number of carbonyl (C=O) groups excluding carboxylic acids is 2. The Morgan fingerprint density at radius 1 is 1.14 bits per heavy atom. The quantitative estimate of drug-likeness (QED) is 0.650. The van der Waals surface area contributed by atoms with Crippen LogP contribution in [0.5, 0.6) is 0 Å². The first-order valence-corrected chi connectivity index (χ1v) is 10.7. The summed E-state index contributed by atoms with van der Waals surface area (Å²) >= 11 is 0. The number of hydrogen-bond donors (Lipinski definition) is 2. The number of rotatable bonds is 8. The minimum atomic E-state index is -0.241. The molecule has 1 aromatic carbocycles. The largest absolute Gasteiger partial charge is 0.350 e. The van der Waals surface area contributed by atoms with E-state index in [0.29, 0.717) is 31.0 Å². The summed E-state index contributed by atoms with van der Waals surface area (Å²) in [6.07, 6.45) is 4.73. The highest BCUT2D eigenvalue weighted by Crippen LogP contribution is 2.35. The molecule has 0 spiro atoms. The van der Waals surface area contributed by atoms with E-state index in [1.807, 2.05) is 4.90 Å². The zero-order chi connectivity index (χ0) is 20.7. The maximum atomic E-state index is 12.4. The van der Waals surface area contributed by atoms with Crippen LogP contribution in [0.1, 0.15) is 56.3 Å². The predicted octanol–water partition coefficient (Wildman–Crippen LogP) is 3.61. The first-order valence-electron chi connectivity index (χ1n) is 10.7. The van der Waals surface area contributed by atoms with Crippen molar-refractivity contribution in [1.82, 2.24) is 10.2 Å². The molecule has 0 aliphatic carbocycles. The second-order valence-electron chi connectivity index (χ2n) is 8.14. The minimum absolute atomic E-state index is 0.0354. The first-order chi connectivity index (χ1) is 14.0. The lowest BCUT2D eigenvalue weighted by molar-refractivity contribution is -0.131. The topological polar surface area (TPSA) is 79.9 Å². The Balaban J connectivity index is 1.39. The van der Waals surface area contributed by atoms with E-state index < -0.39 is 0 Å². The summed E-state index contributed by atoms with van der Waals surface area (Å²) in [5.41, 5.74) is 1.30. The van der Waals surface area contributed by atoms with Gasteiger partial charge in [-0.15, -0.1) is 0 Å². The number of urea groups is 1. The van der Waals surface area contributed by atoms with Crippen LogP contribution in [0.2, 0.25) is 0 Å². The molecule has 0 bridgehead atoms. The van der Waals surface area contributed by atoms with Crippen LogP contribution < -0.4 is 10.6 Å². The molecule has 7 nitrogen and oxygen atoms in total. The molecule has 1 atom stereocenters. The Morgan fingerprint density at radius 2 is 1.79 bits per heavy atom. The lowest BCUT2D eigenvalue weighted by atomic mass is 9.82. The van der Waals surface area contributed by atoms with Gasteiger partial charge in [0.15, 0.2) is 6.29 Å². The fourth-order valence-corrected chi connectivity index (χ4v) is 3.89. The van der Waals surface area contributed by atoms with E-state index in [9.17, 15) is 9.59 Å². The van der Waals surface area contributed by atoms with E-state index in [4.69, 9.17) is 9.47 Å². The molecule has 3 rings (SSSR count). The van der Waals surface area contributed by atoms with Gasteiger partial charge in [-0.2, -0.15) is 0 Å². The van der Waals surface area contributed by atoms with E-state index in [0.717, 1.165) is 45.2 Å². The monoisotopic (exact) mass is 403 g/mol. The molecule has 1 aromatic rings. The fraction of sp³-hybridized carbons (Fsp3) is 0.636. The van der Waals surface area contributed by atoms with Gasteiger partial charge >= 0.3 is 6.03 Å². The summed E-state index contributed by atoms with van der Waals surface area (Å²) in [6.45, 7) is 7.87. The molecule has 2 N–H and O–H groups in total. The van der Waals surface area contributed by atoms with Crippen molar-refractivity contribution >= 4 is 17.6 Å². The highest BCUT2D eigenvalue weighted by Gasteiger charge is 2.36. The molecule has 2 aliphatic heterocycles. The number of amides is 3. The summed E-state index contributed by atoms with van der Waals surface area (Å²) in [4.78, 5) is 26.4. The minimum Gasteiger partial charge on any atom is -0.350 e. The average molecular weight is 404 g/mol. The van der Waals surface area contributed by atoms with Crippen molar-refractivity contribution in [3.63, 3.8) is 0 Å². The Kier molecular flexibility index (Phi) is 7.50. The third-order valence-electron chi connectivity index (χ3n) is 5.99. The summed E-state index contributed by atoms with van der Waals surface area (Å²) < 4.78 is 11.4. The van der Waals surface area contributed by atoms with E-state index >= 15 is 0 Å². The normalized spacial score (nSPS) is 19.2. The van der Waals surface area contributed by atoms with Gasteiger partial charge < -0.3 is 25.0 Å². The van der Waals surface area contributed by atoms with Gasteiger partial charge in [0, 0.05) is 36.3 Å². The molecule has 2 aliphatic rings. The zero-order valence-electron chi connectivity index (χ0n) is 17.5. The number of hydrogen-bond acceptors (Lipinski definition) is 4. The van der Waals surface area contributed by atoms with Gasteiger partial charge in [0.05, 0.1) is 13.2 Å². The SMILES string of the molecule is CCC(C)(CCCNC(=O)Nc1ccc(C(=O)N2CCCC2)cc1)C1OCCO1. The van der Waals surface area contributed by atoms with Crippen LogP contribution in [0, 0.1) is 5.41 Å². The highest BCUT2D eigenvalue weighted by atomic mass is 16.7. The Morgan fingerprint density at radius 3 is 2.41 bits per heavy atom. The number of ether oxygens (including phenoxy) is 2. The number of likely N-dealkylation sites (tertiary alicyclic amines) is 1. The predicted molar refractivity (Wildman–Crippen MR) is 112 cm³/mol. The molecule has 3 amide bonds. The number of anilines is 1. The van der Waals surface area contributed by atoms with Crippen LogP contribution in [-0.2, 0) is 9.47 Å². The Hall–Kier alpha value is -2.12. The second-order valence-corrected chi connectivity index (χ2v) is 8.14. The molecule has 29 heavy (non-hydrogen) atoms. The van der Waals surface area contributed by atoms with Gasteiger partial charge in [0.25, 0.3) is 5.91 Å². The van der Waals surface area contributed by atoms with Crippen LogP contribution in [0.15, 0.2) is 24.3 Å². The Bertz CT molecular complexity index is 682. The lowest BCUT2D eigenvalue weighted by Crippen LogP contribution is -2.35. The third kappa shape index (κ3) is 5.70. The van der Waals surface area contributed by atoms with Gasteiger partial charge in [-0.05, 0) is 56.4 Å². The maximum Gasteiger partial charge on any atom is 0.319 e. The van der Waals surface area contributed by atoms with Gasteiger partial charge in [0.1, 0.15) is 0 Å². The van der Waals surface area contributed by atoms with Crippen LogP contribution in [-0.4, -0.2) is 56.0 Å². The molecule has 1 unspecified atom stereocenters. The molecule has 2 heterocycles. The van der Waals surface area contributed by atoms with Crippen molar-refractivity contribution in [3.05, 3.63) is 29.8 Å². The smallest absolute Gasteiger partial charge is 0.319 e. The molecule has 7 heteroatoms. The van der Waals surface area contributed by atoms with Crippen LogP contribution in [0.4, 0.5) is 10.5 Å². The van der Waals surface area contributed by atoms with E-state index in [1.165, 1.54) is 0 Å². The van der Waals surface area contributed by atoms with Gasteiger partial charge in [-0.25, -0.2) is 4.79 Å². The molecule has 0 radical (unpaired) electrons. The number of nitrogens with one attached hydrogen (secondary N) is 2. The van der Waals surface area contributed by atoms with Crippen molar-refractivity contribution < 1.29 is 19.1 Å². The van der Waals surface area contributed by atoms with Gasteiger partial charge in [-0.3, -0.25) is 4.79 Å². The summed E-state index contributed by atoms with van der Waals surface area (Å²) in [7, 11) is 0. The van der Waals surface area contributed by atoms with Crippen LogP contribution in [0.25, 0.3) is 0 Å². The standard InChI is InChI=1S/C22H33N3O4/c1-3-22(2,20-28-15-16-29-20)11-6-12-23-21(27)24-18-9-7-17(8-10-18)19(26)25-13-4-5-14-25/h7-10,20H,3-6,11-16H2,1-2H3,(H2,23,24,27). The van der Waals surface area contributed by atoms with Crippen molar-refractivity contribution in [2.75, 3.05) is 38.2 Å². The lowest BCUT2D eigenvalue weighted by Gasteiger charge is -2.33. The Labute approximate surface area is 173 Å². The maximum absolute atomic E-state index is 12.4. The zero-order valence-corrected chi connectivity index (χ0v) is 17.5. The number of nitrogens with zero attached hydrogens (tertiary/aromatic N) is 1. The molecular weight excluding hydrogens is 370 g/mol. The number of carbonyl (C=O) groups is 2. The highest BCUT2D eigenvalue weighted by molar-refractivity contribution is 5.95. The summed E-state index contributed by atoms with van der Waals surface area (Å²) in [5, 5.41) is 5.71. The summed E-state index contributed by atoms with van der Waals surface area (Å²) in [6, 6.07) is 6.84. The van der Waals surface area contributed by atoms with Crippen LogP contribution >= 0.6 is 0 Å². The molecular formula is C22H33N3O4. The van der Waals surface area contributed by atoms with E-state index in [-0.39, 0.29) is 23.6 Å². The molecule has 0 saturated carbocycles. The van der Waals surface area contributed by atoms with Crippen molar-refractivity contribution in [2.45, 2.75) is 52.2 Å². The summed E-state index contributed by atoms with van der Waals surface area (Å²) in [5.74, 6) is 0.0627. The molecule has 2 saturated heterocycles. The first kappa shape index (κ1) is 21.6. The number of benzene rings is 1. The van der Waals surface area contributed by atoms with Gasteiger partial charge in [0.2, 0.25) is 0 Å².